The van der Waals surface area contributed by atoms with Crippen LogP contribution in [-0.2, 0) is 0 Å². The fourth-order valence-corrected chi connectivity index (χ4v) is 5.98. The third-order valence-corrected chi connectivity index (χ3v) is 7.82. The van der Waals surface area contributed by atoms with Gasteiger partial charge in [0.05, 0.1) is 17.8 Å². The van der Waals surface area contributed by atoms with Crippen LogP contribution in [0.25, 0.3) is 87.6 Å². The summed E-state index contributed by atoms with van der Waals surface area (Å²) in [6.45, 7) is 0. The SMILES string of the molecule is [2H]c1c([2H])c([2H])c2c(oc3c([2H])c([2H])c(-c4c5ccccc5c(-c5c([2H])c(-c6ccccc6)c6c([2H])c([2H])c([2H])c([2H])c6c5[2H])c5ccccc45)c([2H])c32)c1[2H]. The Balaban J connectivity index is 1.49. The molecule has 0 fully saturated rings. The summed E-state index contributed by atoms with van der Waals surface area (Å²) in [5, 5.41) is 1.92. The average molecular weight is 560 g/mol. The van der Waals surface area contributed by atoms with E-state index in [2.05, 4.69) is 0 Å². The number of fused-ring (bicyclic) bond motifs is 6. The Labute approximate surface area is 267 Å². The number of hydrogen-bond acceptors (Lipinski definition) is 1. The molecular formula is C42H26O. The zero-order chi connectivity index (χ0) is 39.6. The molecule has 1 nitrogen and oxygen atoms in total. The van der Waals surface area contributed by atoms with Gasteiger partial charge < -0.3 is 4.42 Å². The topological polar surface area (TPSA) is 13.1 Å². The molecule has 0 spiro atoms. The number of furan rings is 1. The third-order valence-electron chi connectivity index (χ3n) is 7.82. The Morgan fingerprint density at radius 2 is 0.977 bits per heavy atom. The Kier molecular flexibility index (Phi) is 3.18. The minimum atomic E-state index is -0.527. The third kappa shape index (κ3) is 3.72. The van der Waals surface area contributed by atoms with Crippen LogP contribution in [0.5, 0.6) is 0 Å². The largest absolute Gasteiger partial charge is 0.456 e. The first kappa shape index (κ1) is 14.5. The molecule has 1 aromatic heterocycles. The summed E-state index contributed by atoms with van der Waals surface area (Å²) in [6, 6.07) is 17.9. The predicted octanol–water partition coefficient (Wildman–Crippen LogP) is 12.0. The number of benzene rings is 8. The van der Waals surface area contributed by atoms with Gasteiger partial charge in [-0.05, 0) is 95.9 Å². The van der Waals surface area contributed by atoms with Crippen LogP contribution < -0.4 is 0 Å². The number of hydrogen-bond donors (Lipinski definition) is 0. The van der Waals surface area contributed by atoms with E-state index >= 15 is 0 Å². The van der Waals surface area contributed by atoms with Gasteiger partial charge in [-0.2, -0.15) is 0 Å². The standard InChI is InChI=1S/C42H26O/c1-2-12-27(13-3-1)37-26-30(24-28-14-4-5-15-31(28)37)42-35-19-8-6-17-33(35)41(34-18-7-9-20-36(34)42)29-22-23-40-38(25-29)32-16-10-11-21-39(32)43-40/h1-26H/i4D,5D,10D,11D,14D,15D,16D,21D,22D,23D,24D,25D,26D. The van der Waals surface area contributed by atoms with E-state index in [0.717, 1.165) is 0 Å². The van der Waals surface area contributed by atoms with Crippen LogP contribution in [0.1, 0.15) is 17.8 Å². The Hall–Kier alpha value is -5.66. The minimum Gasteiger partial charge on any atom is -0.456 e. The van der Waals surface area contributed by atoms with E-state index in [1.54, 1.807) is 78.9 Å². The highest BCUT2D eigenvalue weighted by atomic mass is 16.3. The molecule has 0 aliphatic heterocycles. The van der Waals surface area contributed by atoms with Crippen molar-refractivity contribution in [1.82, 2.24) is 0 Å². The second kappa shape index (κ2) is 9.44. The Morgan fingerprint density at radius 1 is 0.395 bits per heavy atom. The molecule has 0 aliphatic carbocycles. The molecule has 0 saturated carbocycles. The molecule has 0 saturated heterocycles. The molecule has 9 rings (SSSR count). The van der Waals surface area contributed by atoms with E-state index in [-0.39, 0.29) is 79.6 Å². The molecule has 0 N–H and O–H groups in total. The van der Waals surface area contributed by atoms with Crippen molar-refractivity contribution in [2.45, 2.75) is 0 Å². The van der Waals surface area contributed by atoms with Gasteiger partial charge in [-0.25, -0.2) is 0 Å². The van der Waals surface area contributed by atoms with Gasteiger partial charge in [0, 0.05) is 10.8 Å². The van der Waals surface area contributed by atoms with Crippen LogP contribution in [0.4, 0.5) is 0 Å². The van der Waals surface area contributed by atoms with Crippen molar-refractivity contribution < 1.29 is 22.2 Å². The predicted molar refractivity (Wildman–Crippen MR) is 183 cm³/mol. The van der Waals surface area contributed by atoms with Crippen molar-refractivity contribution in [2.24, 2.45) is 0 Å². The maximum absolute atomic E-state index is 9.79. The van der Waals surface area contributed by atoms with Crippen molar-refractivity contribution >= 4 is 54.3 Å². The van der Waals surface area contributed by atoms with E-state index in [9.17, 15) is 5.48 Å². The summed E-state index contributed by atoms with van der Waals surface area (Å²) < 4.78 is 122. The lowest BCUT2D eigenvalue weighted by Crippen LogP contribution is -1.92. The van der Waals surface area contributed by atoms with Gasteiger partial charge in [0.15, 0.2) is 0 Å². The maximum Gasteiger partial charge on any atom is 0.135 e. The van der Waals surface area contributed by atoms with E-state index < -0.39 is 48.3 Å². The summed E-state index contributed by atoms with van der Waals surface area (Å²) in [4.78, 5) is 0. The second-order valence-electron chi connectivity index (χ2n) is 10.2. The van der Waals surface area contributed by atoms with E-state index in [1.165, 1.54) is 0 Å². The highest BCUT2D eigenvalue weighted by molar-refractivity contribution is 6.23. The van der Waals surface area contributed by atoms with Crippen molar-refractivity contribution in [3.8, 4) is 33.4 Å². The Morgan fingerprint density at radius 3 is 1.70 bits per heavy atom. The molecule has 0 unspecified atom stereocenters. The molecule has 9 aromatic rings. The molecule has 8 aromatic carbocycles. The van der Waals surface area contributed by atoms with Gasteiger partial charge in [0.25, 0.3) is 0 Å². The van der Waals surface area contributed by atoms with Crippen molar-refractivity contribution in [1.29, 1.82) is 0 Å². The minimum absolute atomic E-state index is 0.0198. The van der Waals surface area contributed by atoms with E-state index in [4.69, 9.17) is 16.8 Å². The van der Waals surface area contributed by atoms with Gasteiger partial charge in [-0.15, -0.1) is 0 Å². The molecule has 1 heteroatoms. The molecule has 1 heterocycles. The van der Waals surface area contributed by atoms with Crippen LogP contribution in [-0.4, -0.2) is 0 Å². The lowest BCUT2D eigenvalue weighted by Gasteiger charge is -2.19. The number of para-hydroxylation sites is 1. The van der Waals surface area contributed by atoms with Crippen molar-refractivity contribution in [3.63, 3.8) is 0 Å². The van der Waals surface area contributed by atoms with Crippen LogP contribution in [0.3, 0.4) is 0 Å². The smallest absolute Gasteiger partial charge is 0.135 e. The molecule has 0 atom stereocenters. The van der Waals surface area contributed by atoms with Crippen LogP contribution in [0.2, 0.25) is 0 Å². The van der Waals surface area contributed by atoms with Gasteiger partial charge in [0.1, 0.15) is 11.2 Å². The normalized spacial score (nSPS) is 16.0. The van der Waals surface area contributed by atoms with Crippen LogP contribution in [0, 0.1) is 0 Å². The first-order valence-corrected chi connectivity index (χ1v) is 13.7. The fourth-order valence-electron chi connectivity index (χ4n) is 5.98. The maximum atomic E-state index is 9.79. The average Bonchev–Trinajstić information content (AvgIpc) is 3.62. The quantitative estimate of drug-likeness (QED) is 0.196. The van der Waals surface area contributed by atoms with Gasteiger partial charge >= 0.3 is 0 Å². The van der Waals surface area contributed by atoms with Crippen LogP contribution >= 0.6 is 0 Å². The fraction of sp³-hybridized carbons (Fsp3) is 0. The van der Waals surface area contributed by atoms with Crippen molar-refractivity contribution in [2.75, 3.05) is 0 Å². The zero-order valence-corrected chi connectivity index (χ0v) is 22.4. The highest BCUT2D eigenvalue weighted by Gasteiger charge is 2.19. The molecule has 0 radical (unpaired) electrons. The summed E-state index contributed by atoms with van der Waals surface area (Å²) >= 11 is 0. The lowest BCUT2D eigenvalue weighted by molar-refractivity contribution is 0.669. The first-order valence-electron chi connectivity index (χ1n) is 20.2. The summed E-state index contributed by atoms with van der Waals surface area (Å²) in [7, 11) is 0. The summed E-state index contributed by atoms with van der Waals surface area (Å²) in [5.74, 6) is 0. The summed E-state index contributed by atoms with van der Waals surface area (Å²) in [6.07, 6.45) is 0. The molecule has 0 bridgehead atoms. The summed E-state index contributed by atoms with van der Waals surface area (Å²) in [5.41, 5.74) is 1.28. The Bertz CT molecular complexity index is 3170. The molecule has 200 valence electrons. The first-order chi connectivity index (χ1) is 26.8. The van der Waals surface area contributed by atoms with Gasteiger partial charge in [-0.3, -0.25) is 0 Å². The second-order valence-corrected chi connectivity index (χ2v) is 10.2. The monoisotopic (exact) mass is 559 g/mol. The molecular weight excluding hydrogens is 520 g/mol. The highest BCUT2D eigenvalue weighted by Crippen LogP contribution is 2.46. The van der Waals surface area contributed by atoms with Gasteiger partial charge in [0.2, 0.25) is 0 Å². The molecule has 0 amide bonds. The molecule has 43 heavy (non-hydrogen) atoms. The lowest BCUT2D eigenvalue weighted by atomic mass is 9.84. The van der Waals surface area contributed by atoms with Crippen LogP contribution in [0.15, 0.2) is 162 Å². The van der Waals surface area contributed by atoms with E-state index in [1.807, 2.05) is 0 Å². The van der Waals surface area contributed by atoms with Crippen molar-refractivity contribution in [3.05, 3.63) is 157 Å². The van der Waals surface area contributed by atoms with Gasteiger partial charge in [-0.1, -0.05) is 127 Å². The number of rotatable bonds is 3. The zero-order valence-electron chi connectivity index (χ0n) is 35.4. The van der Waals surface area contributed by atoms with E-state index in [0.29, 0.717) is 38.2 Å². The molecule has 0 aliphatic rings.